The van der Waals surface area contributed by atoms with E-state index in [0.29, 0.717) is 6.61 Å². The molecule has 3 nitrogen and oxygen atoms in total. The molecule has 0 aromatic carbocycles. The summed E-state index contributed by atoms with van der Waals surface area (Å²) < 4.78 is 6.60. The number of hydrogen-bond donors (Lipinski definition) is 0. The lowest BCUT2D eigenvalue weighted by atomic mass is 10.2. The highest BCUT2D eigenvalue weighted by molar-refractivity contribution is 9.11. The minimum atomic E-state index is 0.207. The third-order valence-electron chi connectivity index (χ3n) is 1.54. The van der Waals surface area contributed by atoms with Crippen molar-refractivity contribution in [1.29, 1.82) is 0 Å². The number of hydrogen-bond acceptors (Lipinski definition) is 3. The Morgan fingerprint density at radius 1 is 1.38 bits per heavy atom. The fraction of sp³-hybridized carbons (Fsp3) is 0.500. The molecule has 13 heavy (non-hydrogen) atoms. The molecular weight excluding hydrogens is 300 g/mol. The molecular formula is C8H10Br2N2O. The lowest BCUT2D eigenvalue weighted by Gasteiger charge is -2.08. The highest BCUT2D eigenvalue weighted by Gasteiger charge is 2.09. The molecule has 0 spiro atoms. The molecule has 0 radical (unpaired) electrons. The van der Waals surface area contributed by atoms with Gasteiger partial charge in [-0.05, 0) is 31.9 Å². The van der Waals surface area contributed by atoms with Crippen molar-refractivity contribution in [3.05, 3.63) is 21.1 Å². The molecule has 1 aromatic rings. The maximum Gasteiger partial charge on any atom is 0.136 e. The van der Waals surface area contributed by atoms with Crippen LogP contribution in [0.25, 0.3) is 0 Å². The molecule has 1 aromatic heterocycles. The molecule has 72 valence electrons. The number of rotatable bonds is 3. The molecule has 0 aliphatic carbocycles. The lowest BCUT2D eigenvalue weighted by Crippen LogP contribution is -2.07. The van der Waals surface area contributed by atoms with E-state index in [1.54, 1.807) is 7.11 Å². The molecule has 0 aliphatic rings. The fourth-order valence-corrected chi connectivity index (χ4v) is 2.06. The van der Waals surface area contributed by atoms with E-state index in [9.17, 15) is 0 Å². The average molecular weight is 310 g/mol. The van der Waals surface area contributed by atoms with Crippen LogP contribution in [0.3, 0.4) is 0 Å². The van der Waals surface area contributed by atoms with Crippen LogP contribution in [0.2, 0.25) is 0 Å². The van der Waals surface area contributed by atoms with Crippen LogP contribution in [0, 0.1) is 0 Å². The molecule has 0 N–H and O–H groups in total. The van der Waals surface area contributed by atoms with Gasteiger partial charge in [0.2, 0.25) is 0 Å². The second kappa shape index (κ2) is 5.02. The van der Waals surface area contributed by atoms with Gasteiger partial charge in [0.05, 0.1) is 6.61 Å². The maximum absolute atomic E-state index is 5.03. The van der Waals surface area contributed by atoms with Crippen molar-refractivity contribution in [3.63, 3.8) is 0 Å². The Morgan fingerprint density at radius 2 is 1.92 bits per heavy atom. The Kier molecular flexibility index (Phi) is 4.28. The molecule has 1 unspecified atom stereocenters. The van der Waals surface area contributed by atoms with E-state index in [2.05, 4.69) is 41.8 Å². The van der Waals surface area contributed by atoms with Crippen molar-refractivity contribution in [1.82, 2.24) is 9.97 Å². The van der Waals surface area contributed by atoms with Gasteiger partial charge in [-0.15, -0.1) is 0 Å². The summed E-state index contributed by atoms with van der Waals surface area (Å²) in [6, 6.07) is 1.81. The fourth-order valence-electron chi connectivity index (χ4n) is 0.952. The third kappa shape index (κ3) is 3.32. The summed E-state index contributed by atoms with van der Waals surface area (Å²) in [7, 11) is 1.67. The molecule has 1 heterocycles. The summed E-state index contributed by atoms with van der Waals surface area (Å²) in [5, 5.41) is 0. The Labute approximate surface area is 94.2 Å². The first-order valence-corrected chi connectivity index (χ1v) is 5.41. The van der Waals surface area contributed by atoms with Gasteiger partial charge in [-0.2, -0.15) is 0 Å². The molecule has 0 aliphatic heterocycles. The summed E-state index contributed by atoms with van der Waals surface area (Å²) >= 11 is 6.62. The first-order chi connectivity index (χ1) is 6.13. The quantitative estimate of drug-likeness (QED) is 0.805. The summed E-state index contributed by atoms with van der Waals surface area (Å²) in [5.74, 6) is 0.988. The van der Waals surface area contributed by atoms with Gasteiger partial charge in [0.1, 0.15) is 15.0 Å². The highest BCUT2D eigenvalue weighted by atomic mass is 79.9. The van der Waals surface area contributed by atoms with E-state index < -0.39 is 0 Å². The van der Waals surface area contributed by atoms with E-state index in [4.69, 9.17) is 4.74 Å². The first-order valence-electron chi connectivity index (χ1n) is 3.82. The van der Waals surface area contributed by atoms with Crippen LogP contribution in [0.15, 0.2) is 15.3 Å². The van der Waals surface area contributed by atoms with Crippen LogP contribution in [-0.4, -0.2) is 23.7 Å². The molecule has 0 fully saturated rings. The van der Waals surface area contributed by atoms with Crippen molar-refractivity contribution in [2.45, 2.75) is 12.8 Å². The second-order valence-electron chi connectivity index (χ2n) is 2.73. The minimum absolute atomic E-state index is 0.207. The van der Waals surface area contributed by atoms with Crippen molar-refractivity contribution in [3.8, 4) is 0 Å². The zero-order chi connectivity index (χ0) is 9.84. The molecule has 5 heteroatoms. The Hall–Kier alpha value is -0.0000000000000000555. The second-order valence-corrected chi connectivity index (χ2v) is 4.35. The number of nitrogens with zero attached hydrogens (tertiary/aromatic N) is 2. The number of ether oxygens (including phenoxy) is 1. The number of methoxy groups -OCH3 is 1. The van der Waals surface area contributed by atoms with Gasteiger partial charge >= 0.3 is 0 Å². The smallest absolute Gasteiger partial charge is 0.136 e. The average Bonchev–Trinajstić information content (AvgIpc) is 2.03. The van der Waals surface area contributed by atoms with Gasteiger partial charge in [0.15, 0.2) is 0 Å². The Balaban J connectivity index is 2.87. The topological polar surface area (TPSA) is 35.0 Å². The first kappa shape index (κ1) is 11.1. The van der Waals surface area contributed by atoms with Crippen LogP contribution in [0.5, 0.6) is 0 Å². The predicted molar refractivity (Wildman–Crippen MR) is 57.7 cm³/mol. The van der Waals surface area contributed by atoms with Crippen LogP contribution in [0.4, 0.5) is 0 Å². The summed E-state index contributed by atoms with van der Waals surface area (Å²) in [6.45, 7) is 2.65. The van der Waals surface area contributed by atoms with Crippen molar-refractivity contribution in [2.24, 2.45) is 0 Å². The monoisotopic (exact) mass is 308 g/mol. The van der Waals surface area contributed by atoms with Crippen LogP contribution >= 0.6 is 31.9 Å². The zero-order valence-electron chi connectivity index (χ0n) is 7.42. The van der Waals surface area contributed by atoms with E-state index in [-0.39, 0.29) is 5.92 Å². The zero-order valence-corrected chi connectivity index (χ0v) is 10.6. The predicted octanol–water partition coefficient (Wildman–Crippen LogP) is 2.75. The molecule has 0 bridgehead atoms. The van der Waals surface area contributed by atoms with Gasteiger partial charge in [-0.3, -0.25) is 0 Å². The summed E-state index contributed by atoms with van der Waals surface area (Å²) in [4.78, 5) is 8.50. The van der Waals surface area contributed by atoms with Gasteiger partial charge in [0, 0.05) is 19.1 Å². The number of aromatic nitrogens is 2. The summed E-state index contributed by atoms with van der Waals surface area (Å²) in [6.07, 6.45) is 0. The normalized spacial score (nSPS) is 12.9. The van der Waals surface area contributed by atoms with Gasteiger partial charge in [0.25, 0.3) is 0 Å². The Morgan fingerprint density at radius 3 is 2.38 bits per heavy atom. The molecule has 1 atom stereocenters. The maximum atomic E-state index is 5.03. The van der Waals surface area contributed by atoms with E-state index >= 15 is 0 Å². The molecule has 0 saturated carbocycles. The molecule has 0 amide bonds. The SMILES string of the molecule is COCC(C)c1nc(Br)cc(Br)n1. The van der Waals surface area contributed by atoms with Crippen LogP contribution in [0.1, 0.15) is 18.7 Å². The highest BCUT2D eigenvalue weighted by Crippen LogP contribution is 2.18. The van der Waals surface area contributed by atoms with Gasteiger partial charge in [-0.1, -0.05) is 6.92 Å². The number of halogens is 2. The van der Waals surface area contributed by atoms with Crippen molar-refractivity contribution >= 4 is 31.9 Å². The van der Waals surface area contributed by atoms with E-state index in [0.717, 1.165) is 15.0 Å². The standard InChI is InChI=1S/C8H10Br2N2O/c1-5(4-13-2)8-11-6(9)3-7(10)12-8/h3,5H,4H2,1-2H3. The summed E-state index contributed by atoms with van der Waals surface area (Å²) in [5.41, 5.74) is 0. The van der Waals surface area contributed by atoms with Crippen molar-refractivity contribution < 1.29 is 4.74 Å². The van der Waals surface area contributed by atoms with Crippen LogP contribution in [-0.2, 0) is 4.74 Å². The lowest BCUT2D eigenvalue weighted by molar-refractivity contribution is 0.181. The molecule has 0 saturated heterocycles. The van der Waals surface area contributed by atoms with E-state index in [1.165, 1.54) is 0 Å². The van der Waals surface area contributed by atoms with E-state index in [1.807, 2.05) is 13.0 Å². The Bertz CT molecular complexity index is 273. The van der Waals surface area contributed by atoms with Crippen molar-refractivity contribution in [2.75, 3.05) is 13.7 Å². The van der Waals surface area contributed by atoms with Gasteiger partial charge in [-0.25, -0.2) is 9.97 Å². The molecule has 1 rings (SSSR count). The minimum Gasteiger partial charge on any atom is -0.384 e. The van der Waals surface area contributed by atoms with Crippen LogP contribution < -0.4 is 0 Å². The van der Waals surface area contributed by atoms with Gasteiger partial charge < -0.3 is 4.74 Å². The third-order valence-corrected chi connectivity index (χ3v) is 2.35. The largest absolute Gasteiger partial charge is 0.384 e.